The first-order valence-electron chi connectivity index (χ1n) is 8.35. The second-order valence-electron chi connectivity index (χ2n) is 7.19. The number of carboxylic acids is 1. The number of benzene rings is 1. The van der Waals surface area contributed by atoms with Crippen LogP contribution < -0.4 is 0 Å². The van der Waals surface area contributed by atoms with Gasteiger partial charge in [0.25, 0.3) is 0 Å². The minimum absolute atomic E-state index is 0.350. The molecule has 1 aromatic rings. The zero-order valence-electron chi connectivity index (χ0n) is 14.9. The van der Waals surface area contributed by atoms with Crippen LogP contribution in [0, 0.1) is 0 Å². The van der Waals surface area contributed by atoms with Crippen LogP contribution in [0.2, 0.25) is 5.02 Å². The van der Waals surface area contributed by atoms with E-state index in [4.69, 9.17) is 16.3 Å². The number of hydrogen-bond acceptors (Lipinski definition) is 4. The van der Waals surface area contributed by atoms with Crippen molar-refractivity contribution in [3.05, 3.63) is 34.9 Å². The molecule has 6 nitrogen and oxygen atoms in total. The number of halogens is 1. The number of aliphatic carboxylic acids is 1. The highest BCUT2D eigenvalue weighted by atomic mass is 35.5. The van der Waals surface area contributed by atoms with Gasteiger partial charge in [0.05, 0.1) is 0 Å². The molecule has 1 aromatic carbocycles. The molecular weight excluding hydrogens is 344 g/mol. The Balaban J connectivity index is 1.95. The second-order valence-corrected chi connectivity index (χ2v) is 7.62. The maximum absolute atomic E-state index is 12.1. The van der Waals surface area contributed by atoms with Crippen molar-refractivity contribution in [3.63, 3.8) is 0 Å². The quantitative estimate of drug-likeness (QED) is 0.884. The molecule has 1 saturated heterocycles. The lowest BCUT2D eigenvalue weighted by Gasteiger charge is -2.38. The standard InChI is InChI=1S/C18H25ClN2O4/c1-18(2,3)25-17(24)21-10-8-20(9-11-21)15(16(22)23)12-13-4-6-14(19)7-5-13/h4-7,15H,8-12H2,1-3H3,(H,22,23)/t15-/m1/s1. The average Bonchev–Trinajstić information content (AvgIpc) is 2.52. The third kappa shape index (κ3) is 5.90. The highest BCUT2D eigenvalue weighted by Crippen LogP contribution is 2.17. The minimum Gasteiger partial charge on any atom is -0.480 e. The lowest BCUT2D eigenvalue weighted by Crippen LogP contribution is -2.55. The van der Waals surface area contributed by atoms with Crippen molar-refractivity contribution in [1.82, 2.24) is 9.80 Å². The van der Waals surface area contributed by atoms with E-state index in [0.717, 1.165) is 5.56 Å². The number of carbonyl (C=O) groups excluding carboxylic acids is 1. The predicted octanol–water partition coefficient (Wildman–Crippen LogP) is 2.89. The maximum Gasteiger partial charge on any atom is 0.410 e. The van der Waals surface area contributed by atoms with Gasteiger partial charge in [-0.3, -0.25) is 9.69 Å². The molecule has 0 aliphatic carbocycles. The van der Waals surface area contributed by atoms with Crippen LogP contribution in [0.25, 0.3) is 0 Å². The van der Waals surface area contributed by atoms with Crippen molar-refractivity contribution >= 4 is 23.7 Å². The summed E-state index contributed by atoms with van der Waals surface area (Å²) in [4.78, 5) is 27.3. The van der Waals surface area contributed by atoms with E-state index in [9.17, 15) is 14.7 Å². The first kappa shape index (κ1) is 19.5. The minimum atomic E-state index is -0.860. The van der Waals surface area contributed by atoms with Crippen molar-refractivity contribution in [3.8, 4) is 0 Å². The van der Waals surface area contributed by atoms with Crippen LogP contribution in [0.15, 0.2) is 24.3 Å². The Bertz CT molecular complexity index is 604. The Morgan fingerprint density at radius 2 is 1.72 bits per heavy atom. The summed E-state index contributed by atoms with van der Waals surface area (Å²) in [6.45, 7) is 7.40. The molecule has 7 heteroatoms. The molecule has 25 heavy (non-hydrogen) atoms. The van der Waals surface area contributed by atoms with E-state index in [-0.39, 0.29) is 6.09 Å². The van der Waals surface area contributed by atoms with Crippen molar-refractivity contribution in [2.75, 3.05) is 26.2 Å². The molecule has 0 aromatic heterocycles. The maximum atomic E-state index is 12.1. The summed E-state index contributed by atoms with van der Waals surface area (Å²) < 4.78 is 5.37. The summed E-state index contributed by atoms with van der Waals surface area (Å²) in [5.74, 6) is -0.860. The van der Waals surface area contributed by atoms with Gasteiger partial charge in [0.2, 0.25) is 0 Å². The average molecular weight is 369 g/mol. The number of rotatable bonds is 4. The number of piperazine rings is 1. The zero-order valence-corrected chi connectivity index (χ0v) is 15.6. The van der Waals surface area contributed by atoms with E-state index in [1.807, 2.05) is 37.8 Å². The number of carboxylic acid groups (broad SMARTS) is 1. The van der Waals surface area contributed by atoms with Gasteiger partial charge in [0.15, 0.2) is 0 Å². The molecule has 1 fully saturated rings. The van der Waals surface area contributed by atoms with Crippen molar-refractivity contribution in [1.29, 1.82) is 0 Å². The van der Waals surface area contributed by atoms with Gasteiger partial charge in [-0.05, 0) is 44.9 Å². The summed E-state index contributed by atoms with van der Waals surface area (Å²) >= 11 is 5.87. The predicted molar refractivity (Wildman–Crippen MR) is 96.0 cm³/mol. The van der Waals surface area contributed by atoms with Crippen molar-refractivity contribution in [2.45, 2.75) is 38.8 Å². The number of nitrogens with zero attached hydrogens (tertiary/aromatic N) is 2. The number of ether oxygens (including phenoxy) is 1. The molecule has 0 radical (unpaired) electrons. The zero-order chi connectivity index (χ0) is 18.6. The summed E-state index contributed by atoms with van der Waals surface area (Å²) in [5, 5.41) is 10.2. The Morgan fingerprint density at radius 1 is 1.16 bits per heavy atom. The van der Waals surface area contributed by atoms with Crippen molar-refractivity contribution in [2.24, 2.45) is 0 Å². The van der Waals surface area contributed by atoms with Gasteiger partial charge in [0.1, 0.15) is 11.6 Å². The summed E-state index contributed by atoms with van der Waals surface area (Å²) in [7, 11) is 0. The molecular formula is C18H25ClN2O4. The fraction of sp³-hybridized carbons (Fsp3) is 0.556. The molecule has 1 aliphatic heterocycles. The molecule has 1 aliphatic rings. The Kier molecular flexibility index (Phi) is 6.30. The molecule has 1 atom stereocenters. The smallest absolute Gasteiger partial charge is 0.410 e. The van der Waals surface area contributed by atoms with E-state index in [2.05, 4.69) is 0 Å². The molecule has 0 bridgehead atoms. The van der Waals surface area contributed by atoms with Crippen LogP contribution >= 0.6 is 11.6 Å². The molecule has 0 spiro atoms. The lowest BCUT2D eigenvalue weighted by atomic mass is 10.0. The molecule has 1 amide bonds. The normalized spacial score (nSPS) is 17.2. The lowest BCUT2D eigenvalue weighted by molar-refractivity contribution is -0.143. The van der Waals surface area contributed by atoms with Crippen LogP contribution in [0.4, 0.5) is 4.79 Å². The van der Waals surface area contributed by atoms with Gasteiger partial charge in [-0.1, -0.05) is 23.7 Å². The topological polar surface area (TPSA) is 70.1 Å². The summed E-state index contributed by atoms with van der Waals surface area (Å²) in [6, 6.07) is 6.58. The van der Waals surface area contributed by atoms with E-state index in [1.165, 1.54) is 0 Å². The van der Waals surface area contributed by atoms with Crippen LogP contribution in [0.1, 0.15) is 26.3 Å². The SMILES string of the molecule is CC(C)(C)OC(=O)N1CCN([C@H](Cc2ccc(Cl)cc2)C(=O)O)CC1. The summed E-state index contributed by atoms with van der Waals surface area (Å²) in [6.07, 6.45) is 0.0515. The molecule has 1 heterocycles. The molecule has 0 saturated carbocycles. The van der Waals surface area contributed by atoms with E-state index >= 15 is 0 Å². The number of hydrogen-bond donors (Lipinski definition) is 1. The Hall–Kier alpha value is -1.79. The highest BCUT2D eigenvalue weighted by Gasteiger charge is 2.31. The first-order chi connectivity index (χ1) is 11.7. The van der Waals surface area contributed by atoms with Gasteiger partial charge >= 0.3 is 12.1 Å². The molecule has 2 rings (SSSR count). The third-order valence-electron chi connectivity index (χ3n) is 4.03. The van der Waals surface area contributed by atoms with Crippen LogP contribution in [0.3, 0.4) is 0 Å². The van der Waals surface area contributed by atoms with E-state index in [0.29, 0.717) is 37.6 Å². The van der Waals surface area contributed by atoms with Crippen LogP contribution in [-0.2, 0) is 16.0 Å². The second kappa shape index (κ2) is 8.06. The number of amides is 1. The molecule has 138 valence electrons. The number of carbonyl (C=O) groups is 2. The molecule has 1 N–H and O–H groups in total. The fourth-order valence-electron chi connectivity index (χ4n) is 2.76. The largest absolute Gasteiger partial charge is 0.480 e. The monoisotopic (exact) mass is 368 g/mol. The van der Waals surface area contributed by atoms with Gasteiger partial charge in [-0.2, -0.15) is 0 Å². The van der Waals surface area contributed by atoms with Crippen LogP contribution in [0.5, 0.6) is 0 Å². The van der Waals surface area contributed by atoms with E-state index in [1.54, 1.807) is 17.0 Å². The van der Waals surface area contributed by atoms with Crippen molar-refractivity contribution < 1.29 is 19.4 Å². The van der Waals surface area contributed by atoms with Gasteiger partial charge in [-0.25, -0.2) is 4.79 Å². The Labute approximate surface area is 153 Å². The van der Waals surface area contributed by atoms with Gasteiger partial charge in [0, 0.05) is 31.2 Å². The first-order valence-corrected chi connectivity index (χ1v) is 8.73. The Morgan fingerprint density at radius 3 is 2.20 bits per heavy atom. The third-order valence-corrected chi connectivity index (χ3v) is 4.29. The highest BCUT2D eigenvalue weighted by molar-refractivity contribution is 6.30. The van der Waals surface area contributed by atoms with Gasteiger partial charge in [-0.15, -0.1) is 0 Å². The van der Waals surface area contributed by atoms with E-state index < -0.39 is 17.6 Å². The van der Waals surface area contributed by atoms with Gasteiger partial charge < -0.3 is 14.7 Å². The fourth-order valence-corrected chi connectivity index (χ4v) is 2.88. The van der Waals surface area contributed by atoms with Crippen LogP contribution in [-0.4, -0.2) is 64.8 Å². The molecule has 0 unspecified atom stereocenters. The summed E-state index contributed by atoms with van der Waals surface area (Å²) in [5.41, 5.74) is 0.387.